The smallest absolute Gasteiger partial charge is 0.337 e. The van der Waals surface area contributed by atoms with E-state index in [0.29, 0.717) is 42.4 Å². The third-order valence-electron chi connectivity index (χ3n) is 9.02. The fourth-order valence-electron chi connectivity index (χ4n) is 6.57. The molecule has 1 fully saturated rings. The zero-order valence-corrected chi connectivity index (χ0v) is 28.1. The van der Waals surface area contributed by atoms with E-state index >= 15 is 0 Å². The molecule has 2 aromatic carbocycles. The van der Waals surface area contributed by atoms with E-state index in [-0.39, 0.29) is 11.7 Å². The van der Waals surface area contributed by atoms with Crippen molar-refractivity contribution < 1.29 is 24.1 Å². The van der Waals surface area contributed by atoms with E-state index in [4.69, 9.17) is 24.3 Å². The molecule has 3 aliphatic heterocycles. The molecule has 9 heteroatoms. The second-order valence-corrected chi connectivity index (χ2v) is 14.1. The van der Waals surface area contributed by atoms with Crippen molar-refractivity contribution in [1.29, 1.82) is 0 Å². The first-order valence-electron chi connectivity index (χ1n) is 16.4. The van der Waals surface area contributed by atoms with Gasteiger partial charge < -0.3 is 24.2 Å². The first-order valence-corrected chi connectivity index (χ1v) is 16.4. The van der Waals surface area contributed by atoms with Gasteiger partial charge in [-0.1, -0.05) is 30.3 Å². The Bertz CT molecular complexity index is 1750. The van der Waals surface area contributed by atoms with E-state index in [9.17, 15) is 9.90 Å². The van der Waals surface area contributed by atoms with Crippen molar-refractivity contribution in [3.63, 3.8) is 0 Å². The Labute approximate surface area is 271 Å². The van der Waals surface area contributed by atoms with E-state index < -0.39 is 17.7 Å². The summed E-state index contributed by atoms with van der Waals surface area (Å²) in [6.45, 7) is 15.9. The lowest BCUT2D eigenvalue weighted by atomic mass is 9.92. The number of anilines is 1. The number of carboxylic acid groups (broad SMARTS) is 1. The van der Waals surface area contributed by atoms with E-state index in [1.54, 1.807) is 0 Å². The SMILES string of the molecule is Cc1ccc2c(c1)OC(C)CCCOC1(C)CCN(CC1)c1c(C(OC(C)(C)C)C(=O)O)c(C)nc3cc(nn13)-c1cccc-2c1. The Kier molecular flexibility index (Phi) is 8.59. The number of piperidine rings is 1. The van der Waals surface area contributed by atoms with E-state index in [1.807, 2.05) is 50.4 Å². The van der Waals surface area contributed by atoms with Gasteiger partial charge in [-0.3, -0.25) is 0 Å². The second kappa shape index (κ2) is 12.3. The summed E-state index contributed by atoms with van der Waals surface area (Å²) < 4.78 is 21.1. The molecule has 4 aromatic rings. The standard InChI is InChI=1S/C37H46N4O5/c1-23-13-14-28-26-11-8-12-27(21-26)29-22-31-38-25(3)32(33(35(42)43)46-36(4,5)6)34(41(31)39-29)40-17-15-37(7,16-18-40)44-19-9-10-24(2)45-30(28)20-23/h8,11-14,20-22,24,33H,9-10,15-19H2,1-7H3,(H,42,43). The summed E-state index contributed by atoms with van der Waals surface area (Å²) >= 11 is 0. The normalized spacial score (nSPS) is 21.3. The number of ether oxygens (including phenoxy) is 3. The highest BCUT2D eigenvalue weighted by molar-refractivity contribution is 5.80. The van der Waals surface area contributed by atoms with Gasteiger partial charge in [-0.25, -0.2) is 9.78 Å². The van der Waals surface area contributed by atoms with Gasteiger partial charge in [0.15, 0.2) is 11.8 Å². The number of aliphatic carboxylic acids is 1. The van der Waals surface area contributed by atoms with Crippen molar-refractivity contribution in [3.05, 3.63) is 65.4 Å². The fraction of sp³-hybridized carbons (Fsp3) is 0.486. The molecule has 1 saturated heterocycles. The highest BCUT2D eigenvalue weighted by Gasteiger charge is 2.38. The summed E-state index contributed by atoms with van der Waals surface area (Å²) in [6.07, 6.45) is 2.19. The van der Waals surface area contributed by atoms with Crippen LogP contribution in [0.3, 0.4) is 0 Å². The van der Waals surface area contributed by atoms with Crippen molar-refractivity contribution in [3.8, 4) is 28.1 Å². The number of hydrogen-bond acceptors (Lipinski definition) is 7. The largest absolute Gasteiger partial charge is 0.490 e. The molecular weight excluding hydrogens is 580 g/mol. The number of fused-ring (bicyclic) bond motifs is 7. The van der Waals surface area contributed by atoms with E-state index in [2.05, 4.69) is 56.0 Å². The number of carboxylic acids is 1. The van der Waals surface area contributed by atoms with Crippen LogP contribution >= 0.6 is 0 Å². The lowest BCUT2D eigenvalue weighted by Gasteiger charge is -2.41. The Morgan fingerprint density at radius 3 is 2.54 bits per heavy atom. The molecule has 244 valence electrons. The molecule has 0 spiro atoms. The number of aryl methyl sites for hydroxylation is 2. The van der Waals surface area contributed by atoms with E-state index in [1.165, 1.54) is 0 Å². The molecule has 0 radical (unpaired) electrons. The zero-order chi connectivity index (χ0) is 32.8. The maximum Gasteiger partial charge on any atom is 0.337 e. The molecule has 46 heavy (non-hydrogen) atoms. The van der Waals surface area contributed by atoms with Crippen LogP contribution in [0.2, 0.25) is 0 Å². The minimum absolute atomic E-state index is 0.0323. The number of rotatable bonds is 3. The number of carbonyl (C=O) groups is 1. The molecule has 7 rings (SSSR count). The highest BCUT2D eigenvalue weighted by atomic mass is 16.5. The Balaban J connectivity index is 1.55. The highest BCUT2D eigenvalue weighted by Crippen LogP contribution is 2.39. The lowest BCUT2D eigenvalue weighted by Crippen LogP contribution is -2.46. The molecule has 5 heterocycles. The summed E-state index contributed by atoms with van der Waals surface area (Å²) in [4.78, 5) is 19.9. The van der Waals surface area contributed by atoms with Gasteiger partial charge in [0.05, 0.1) is 28.6 Å². The van der Waals surface area contributed by atoms with Gasteiger partial charge in [-0.15, -0.1) is 0 Å². The zero-order valence-electron chi connectivity index (χ0n) is 28.1. The summed E-state index contributed by atoms with van der Waals surface area (Å²) in [5.41, 5.74) is 5.71. The van der Waals surface area contributed by atoms with Crippen LogP contribution < -0.4 is 9.64 Å². The molecule has 0 amide bonds. The molecule has 0 saturated carbocycles. The predicted molar refractivity (Wildman–Crippen MR) is 180 cm³/mol. The van der Waals surface area contributed by atoms with Gasteiger partial charge in [-0.05, 0) is 97.4 Å². The molecule has 9 nitrogen and oxygen atoms in total. The number of hydrogen-bond donors (Lipinski definition) is 1. The Hall–Kier alpha value is -3.95. The number of nitrogens with zero attached hydrogens (tertiary/aromatic N) is 4. The van der Waals surface area contributed by atoms with Gasteiger partial charge in [0.2, 0.25) is 0 Å². The molecular formula is C37H46N4O5. The van der Waals surface area contributed by atoms with Crippen LogP contribution in [0.5, 0.6) is 5.75 Å². The first kappa shape index (κ1) is 32.0. The van der Waals surface area contributed by atoms with Crippen molar-refractivity contribution in [2.24, 2.45) is 0 Å². The molecule has 2 unspecified atom stereocenters. The van der Waals surface area contributed by atoms with Crippen LogP contribution in [0, 0.1) is 13.8 Å². The van der Waals surface area contributed by atoms with Gasteiger partial charge in [0, 0.05) is 42.6 Å². The molecule has 0 aliphatic carbocycles. The average Bonchev–Trinajstić information content (AvgIpc) is 3.41. The molecule has 2 aromatic heterocycles. The van der Waals surface area contributed by atoms with Crippen LogP contribution in [-0.2, 0) is 14.3 Å². The lowest BCUT2D eigenvalue weighted by molar-refractivity contribution is -0.160. The quantitative estimate of drug-likeness (QED) is 0.249. The van der Waals surface area contributed by atoms with Crippen LogP contribution in [0.4, 0.5) is 5.82 Å². The molecule has 3 aliphatic rings. The summed E-state index contributed by atoms with van der Waals surface area (Å²) in [7, 11) is 0. The molecule has 2 atom stereocenters. The van der Waals surface area contributed by atoms with Crippen LogP contribution in [0.25, 0.3) is 28.0 Å². The van der Waals surface area contributed by atoms with Gasteiger partial charge in [0.25, 0.3) is 0 Å². The Morgan fingerprint density at radius 1 is 1.09 bits per heavy atom. The minimum atomic E-state index is -1.21. The van der Waals surface area contributed by atoms with Crippen LogP contribution in [-0.4, -0.2) is 62.7 Å². The monoisotopic (exact) mass is 626 g/mol. The van der Waals surface area contributed by atoms with Crippen molar-refractivity contribution in [2.75, 3.05) is 24.6 Å². The van der Waals surface area contributed by atoms with Crippen LogP contribution in [0.1, 0.15) is 83.2 Å². The molecule has 6 bridgehead atoms. The maximum absolute atomic E-state index is 12.8. The van der Waals surface area contributed by atoms with Gasteiger partial charge >= 0.3 is 5.97 Å². The topological polar surface area (TPSA) is 98.4 Å². The summed E-state index contributed by atoms with van der Waals surface area (Å²) in [5, 5.41) is 15.6. The Morgan fingerprint density at radius 2 is 1.83 bits per heavy atom. The van der Waals surface area contributed by atoms with E-state index in [0.717, 1.165) is 59.4 Å². The minimum Gasteiger partial charge on any atom is -0.490 e. The second-order valence-electron chi connectivity index (χ2n) is 14.1. The fourth-order valence-corrected chi connectivity index (χ4v) is 6.57. The summed E-state index contributed by atoms with van der Waals surface area (Å²) in [5.74, 6) is 0.519. The maximum atomic E-state index is 12.8. The summed E-state index contributed by atoms with van der Waals surface area (Å²) in [6, 6.07) is 16.6. The first-order chi connectivity index (χ1) is 21.8. The molecule has 1 N–H and O–H groups in total. The third-order valence-corrected chi connectivity index (χ3v) is 9.02. The van der Waals surface area contributed by atoms with Crippen LogP contribution in [0.15, 0.2) is 48.5 Å². The van der Waals surface area contributed by atoms with Gasteiger partial charge in [0.1, 0.15) is 11.6 Å². The average molecular weight is 627 g/mol. The van der Waals surface area contributed by atoms with Gasteiger partial charge in [-0.2, -0.15) is 9.61 Å². The number of aromatic nitrogens is 3. The number of benzene rings is 2. The predicted octanol–water partition coefficient (Wildman–Crippen LogP) is 7.56. The van der Waals surface area contributed by atoms with Crippen molar-refractivity contribution >= 4 is 17.4 Å². The van der Waals surface area contributed by atoms with Crippen molar-refractivity contribution in [1.82, 2.24) is 14.6 Å². The third kappa shape index (κ3) is 6.62. The van der Waals surface area contributed by atoms with Crippen molar-refractivity contribution in [2.45, 2.75) is 97.6 Å².